The third-order valence-electron chi connectivity index (χ3n) is 1.73. The Balaban J connectivity index is 3.45. The van der Waals surface area contributed by atoms with Crippen LogP contribution in [0.3, 0.4) is 0 Å². The van der Waals surface area contributed by atoms with Gasteiger partial charge in [0.1, 0.15) is 12.2 Å². The summed E-state index contributed by atoms with van der Waals surface area (Å²) in [7, 11) is 0. The van der Waals surface area contributed by atoms with Crippen molar-refractivity contribution in [2.75, 3.05) is 13.2 Å². The highest BCUT2D eigenvalue weighted by molar-refractivity contribution is 5.79. The molecule has 0 atom stereocenters. The number of aliphatic hydroxyl groups excluding tert-OH is 1. The second-order valence-electron chi connectivity index (χ2n) is 4.58. The first-order chi connectivity index (χ1) is 7.35. The van der Waals surface area contributed by atoms with Gasteiger partial charge in [0.2, 0.25) is 0 Å². The van der Waals surface area contributed by atoms with Gasteiger partial charge in [0.25, 0.3) is 0 Å². The Labute approximate surface area is 96.2 Å². The van der Waals surface area contributed by atoms with Gasteiger partial charge >= 0.3 is 6.09 Å². The third kappa shape index (κ3) is 9.45. The van der Waals surface area contributed by atoms with Gasteiger partial charge in [-0.1, -0.05) is 0 Å². The number of alkyl carbamates (subject to hydrolysis) is 1. The van der Waals surface area contributed by atoms with Crippen molar-refractivity contribution in [3.05, 3.63) is 0 Å². The molecule has 5 heteroatoms. The van der Waals surface area contributed by atoms with Crippen LogP contribution in [0.1, 0.15) is 40.0 Å². The van der Waals surface area contributed by atoms with Crippen LogP contribution in [0.25, 0.3) is 0 Å². The van der Waals surface area contributed by atoms with Gasteiger partial charge in [-0.15, -0.1) is 0 Å². The van der Waals surface area contributed by atoms with Gasteiger partial charge in [0.15, 0.2) is 5.78 Å². The number of rotatable bonds is 6. The molecule has 16 heavy (non-hydrogen) atoms. The Bertz CT molecular complexity index is 233. The van der Waals surface area contributed by atoms with Crippen LogP contribution in [0.4, 0.5) is 4.79 Å². The Kier molecular flexibility index (Phi) is 6.72. The fraction of sp³-hybridized carbons (Fsp3) is 0.818. The second-order valence-corrected chi connectivity index (χ2v) is 4.58. The minimum Gasteiger partial charge on any atom is -0.444 e. The predicted octanol–water partition coefficient (Wildman–Crippen LogP) is 1.24. The van der Waals surface area contributed by atoms with Crippen molar-refractivity contribution in [2.45, 2.75) is 45.6 Å². The summed E-state index contributed by atoms with van der Waals surface area (Å²) in [5, 5.41) is 11.1. The molecule has 2 N–H and O–H groups in total. The van der Waals surface area contributed by atoms with Crippen molar-refractivity contribution in [3.8, 4) is 0 Å². The molecule has 0 aliphatic heterocycles. The van der Waals surface area contributed by atoms with Crippen LogP contribution in [0.5, 0.6) is 0 Å². The van der Waals surface area contributed by atoms with Crippen LogP contribution >= 0.6 is 0 Å². The van der Waals surface area contributed by atoms with E-state index < -0.39 is 18.3 Å². The lowest BCUT2D eigenvalue weighted by molar-refractivity contribution is -0.121. The molecule has 0 fully saturated rings. The number of nitrogens with one attached hydrogen (secondary N) is 1. The molecule has 0 spiro atoms. The van der Waals surface area contributed by atoms with Crippen LogP contribution in [0, 0.1) is 0 Å². The average molecular weight is 231 g/mol. The first kappa shape index (κ1) is 14.9. The molecule has 0 bridgehead atoms. The number of hydrogen-bond donors (Lipinski definition) is 2. The van der Waals surface area contributed by atoms with Crippen molar-refractivity contribution in [1.29, 1.82) is 0 Å². The molecule has 1 amide bonds. The first-order valence-electron chi connectivity index (χ1n) is 5.44. The lowest BCUT2D eigenvalue weighted by Crippen LogP contribution is -2.33. The summed E-state index contributed by atoms with van der Waals surface area (Å²) in [6.07, 6.45) is 1.27. The van der Waals surface area contributed by atoms with E-state index in [4.69, 9.17) is 9.84 Å². The number of ketones is 1. The molecule has 0 heterocycles. The van der Waals surface area contributed by atoms with Crippen molar-refractivity contribution >= 4 is 11.9 Å². The highest BCUT2D eigenvalue weighted by atomic mass is 16.6. The highest BCUT2D eigenvalue weighted by Crippen LogP contribution is 2.06. The Morgan fingerprint density at radius 3 is 2.38 bits per heavy atom. The summed E-state index contributed by atoms with van der Waals surface area (Å²) < 4.78 is 5.03. The minimum absolute atomic E-state index is 0.169. The van der Waals surface area contributed by atoms with Gasteiger partial charge in [0.05, 0.1) is 0 Å². The van der Waals surface area contributed by atoms with Crippen molar-refractivity contribution in [3.63, 3.8) is 0 Å². The van der Waals surface area contributed by atoms with E-state index in [9.17, 15) is 9.59 Å². The standard InChI is InChI=1S/C11H21NO4/c1-11(2,3)16-10(15)12-7-5-4-6-9(14)8-13/h13H,4-8H2,1-3H3,(H,12,15). The quantitative estimate of drug-likeness (QED) is 0.674. The smallest absolute Gasteiger partial charge is 0.407 e. The number of aliphatic hydroxyl groups is 1. The van der Waals surface area contributed by atoms with E-state index in [1.165, 1.54) is 0 Å². The lowest BCUT2D eigenvalue weighted by atomic mass is 10.2. The van der Waals surface area contributed by atoms with E-state index in [-0.39, 0.29) is 5.78 Å². The highest BCUT2D eigenvalue weighted by Gasteiger charge is 2.15. The predicted molar refractivity (Wildman–Crippen MR) is 60.2 cm³/mol. The molecule has 0 rings (SSSR count). The summed E-state index contributed by atoms with van der Waals surface area (Å²) in [5.41, 5.74) is -0.489. The van der Waals surface area contributed by atoms with Crippen LogP contribution < -0.4 is 5.32 Å². The Morgan fingerprint density at radius 1 is 1.25 bits per heavy atom. The zero-order valence-electron chi connectivity index (χ0n) is 10.2. The van der Waals surface area contributed by atoms with Gasteiger partial charge in [0, 0.05) is 13.0 Å². The van der Waals surface area contributed by atoms with E-state index in [1.807, 2.05) is 0 Å². The summed E-state index contributed by atoms with van der Waals surface area (Å²) in [4.78, 5) is 21.9. The Hall–Kier alpha value is -1.10. The summed E-state index contributed by atoms with van der Waals surface area (Å²) in [5.74, 6) is -0.169. The van der Waals surface area contributed by atoms with E-state index in [0.717, 1.165) is 0 Å². The van der Waals surface area contributed by atoms with E-state index in [2.05, 4.69) is 5.32 Å². The largest absolute Gasteiger partial charge is 0.444 e. The topological polar surface area (TPSA) is 75.6 Å². The molecule has 0 aromatic heterocycles. The van der Waals surface area contributed by atoms with Crippen molar-refractivity contribution < 1.29 is 19.4 Å². The number of unbranched alkanes of at least 4 members (excludes halogenated alkanes) is 1. The normalized spacial score (nSPS) is 11.0. The van der Waals surface area contributed by atoms with Crippen molar-refractivity contribution in [1.82, 2.24) is 5.32 Å². The molecule has 5 nitrogen and oxygen atoms in total. The zero-order chi connectivity index (χ0) is 12.6. The summed E-state index contributed by atoms with van der Waals surface area (Å²) >= 11 is 0. The molecular formula is C11H21NO4. The van der Waals surface area contributed by atoms with E-state index in [0.29, 0.717) is 25.8 Å². The molecule has 0 aliphatic carbocycles. The number of amides is 1. The summed E-state index contributed by atoms with van der Waals surface area (Å²) in [6, 6.07) is 0. The fourth-order valence-electron chi connectivity index (χ4n) is 1.03. The monoisotopic (exact) mass is 231 g/mol. The number of hydrogen-bond acceptors (Lipinski definition) is 4. The average Bonchev–Trinajstić information content (AvgIpc) is 2.14. The number of carbonyl (C=O) groups excluding carboxylic acids is 2. The third-order valence-corrected chi connectivity index (χ3v) is 1.73. The van der Waals surface area contributed by atoms with Crippen molar-refractivity contribution in [2.24, 2.45) is 0 Å². The zero-order valence-corrected chi connectivity index (χ0v) is 10.2. The molecule has 0 saturated heterocycles. The van der Waals surface area contributed by atoms with Gasteiger partial charge in [-0.05, 0) is 33.6 Å². The van der Waals surface area contributed by atoms with E-state index in [1.54, 1.807) is 20.8 Å². The molecule has 94 valence electrons. The lowest BCUT2D eigenvalue weighted by Gasteiger charge is -2.19. The van der Waals surface area contributed by atoms with Crippen LogP contribution in [0.2, 0.25) is 0 Å². The number of ether oxygens (including phenoxy) is 1. The summed E-state index contributed by atoms with van der Waals surface area (Å²) in [6.45, 7) is 5.47. The maximum absolute atomic E-state index is 11.2. The van der Waals surface area contributed by atoms with E-state index >= 15 is 0 Å². The molecule has 0 aromatic rings. The van der Waals surface area contributed by atoms with Gasteiger partial charge in [-0.25, -0.2) is 4.79 Å². The van der Waals surface area contributed by atoms with Gasteiger partial charge in [-0.2, -0.15) is 0 Å². The molecule has 0 radical (unpaired) electrons. The maximum atomic E-state index is 11.2. The first-order valence-corrected chi connectivity index (χ1v) is 5.44. The van der Waals surface area contributed by atoms with Crippen LogP contribution in [-0.4, -0.2) is 35.7 Å². The molecule has 0 saturated carbocycles. The number of Topliss-reactive ketones (excluding diaryl/α,β-unsaturated/α-hetero) is 1. The van der Waals surface area contributed by atoms with Gasteiger partial charge in [-0.3, -0.25) is 4.79 Å². The number of carbonyl (C=O) groups is 2. The minimum atomic E-state index is -0.489. The van der Waals surface area contributed by atoms with Crippen LogP contribution in [-0.2, 0) is 9.53 Å². The maximum Gasteiger partial charge on any atom is 0.407 e. The molecular weight excluding hydrogens is 210 g/mol. The van der Waals surface area contributed by atoms with Crippen LogP contribution in [0.15, 0.2) is 0 Å². The van der Waals surface area contributed by atoms with Gasteiger partial charge < -0.3 is 15.2 Å². The fourth-order valence-corrected chi connectivity index (χ4v) is 1.03. The molecule has 0 aromatic carbocycles. The SMILES string of the molecule is CC(C)(C)OC(=O)NCCCCC(=O)CO. The Morgan fingerprint density at radius 2 is 1.88 bits per heavy atom. The molecule has 0 aliphatic rings. The molecule has 0 unspecified atom stereocenters. The second kappa shape index (κ2) is 7.22.